The Bertz CT molecular complexity index is 356. The van der Waals surface area contributed by atoms with E-state index in [-0.39, 0.29) is 30.9 Å². The van der Waals surface area contributed by atoms with Crippen molar-refractivity contribution in [1.29, 1.82) is 0 Å². The molecule has 0 heterocycles. The highest BCUT2D eigenvalue weighted by Crippen LogP contribution is 2.19. The van der Waals surface area contributed by atoms with Crippen molar-refractivity contribution in [3.63, 3.8) is 0 Å². The van der Waals surface area contributed by atoms with Crippen LogP contribution >= 0.6 is 21.6 Å². The molecule has 0 saturated heterocycles. The number of nitrogens with one attached hydrogen (secondary N) is 2. The molecule has 0 aromatic rings. The second-order valence-corrected chi connectivity index (χ2v) is 7.15. The largest absolute Gasteiger partial charge is 0.468 e. The van der Waals surface area contributed by atoms with Crippen LogP contribution in [0.1, 0.15) is 13.3 Å². The molecular weight excluding hydrogens is 326 g/mol. The first-order valence-electron chi connectivity index (χ1n) is 7.02. The Balaban J connectivity index is 3.45. The van der Waals surface area contributed by atoms with Crippen LogP contribution in [-0.2, 0) is 19.1 Å². The summed E-state index contributed by atoms with van der Waals surface area (Å²) in [5.41, 5.74) is 0. The van der Waals surface area contributed by atoms with Crippen molar-refractivity contribution in [2.75, 3.05) is 51.8 Å². The van der Waals surface area contributed by atoms with E-state index in [2.05, 4.69) is 15.4 Å². The van der Waals surface area contributed by atoms with Crippen molar-refractivity contribution in [3.05, 3.63) is 0 Å². The van der Waals surface area contributed by atoms with E-state index in [4.69, 9.17) is 0 Å². The lowest BCUT2D eigenvalue weighted by molar-refractivity contribution is -0.141. The van der Waals surface area contributed by atoms with E-state index >= 15 is 0 Å². The molecule has 0 rings (SSSR count). The minimum Gasteiger partial charge on any atom is -0.468 e. The molecule has 0 saturated carbocycles. The lowest BCUT2D eigenvalue weighted by atomic mass is 10.4. The number of rotatable bonds is 12. The van der Waals surface area contributed by atoms with Crippen LogP contribution in [0.4, 0.5) is 0 Å². The molecule has 2 N–H and O–H groups in total. The van der Waals surface area contributed by atoms with Crippen LogP contribution in [0, 0.1) is 0 Å². The van der Waals surface area contributed by atoms with Gasteiger partial charge in [0.1, 0.15) is 0 Å². The van der Waals surface area contributed by atoms with Crippen LogP contribution in [-0.4, -0.2) is 74.5 Å². The molecule has 2 amide bonds. The van der Waals surface area contributed by atoms with Crippen molar-refractivity contribution in [2.24, 2.45) is 0 Å². The summed E-state index contributed by atoms with van der Waals surface area (Å²) in [4.78, 5) is 35.2. The second kappa shape index (κ2) is 13.7. The zero-order valence-electron chi connectivity index (χ0n) is 13.3. The molecule has 0 bridgehead atoms. The van der Waals surface area contributed by atoms with Crippen LogP contribution in [0.5, 0.6) is 0 Å². The zero-order valence-corrected chi connectivity index (χ0v) is 15.0. The summed E-state index contributed by atoms with van der Waals surface area (Å²) in [5, 5.41) is 5.58. The van der Waals surface area contributed by atoms with Gasteiger partial charge < -0.3 is 15.4 Å². The first-order chi connectivity index (χ1) is 10.5. The fraction of sp³-hybridized carbons (Fsp3) is 0.769. The second-order valence-electron chi connectivity index (χ2n) is 4.45. The molecular formula is C13H25N3O4S2. The lowest BCUT2D eigenvalue weighted by Gasteiger charge is -2.14. The summed E-state index contributed by atoms with van der Waals surface area (Å²) < 4.78 is 4.53. The van der Waals surface area contributed by atoms with E-state index in [1.54, 1.807) is 33.5 Å². The van der Waals surface area contributed by atoms with Gasteiger partial charge in [-0.3, -0.25) is 19.3 Å². The van der Waals surface area contributed by atoms with E-state index in [1.165, 1.54) is 7.11 Å². The van der Waals surface area contributed by atoms with Gasteiger partial charge in [-0.25, -0.2) is 0 Å². The third-order valence-corrected chi connectivity index (χ3v) is 4.87. The molecule has 0 radical (unpaired) electrons. The van der Waals surface area contributed by atoms with Crippen molar-refractivity contribution < 1.29 is 19.1 Å². The molecule has 0 aliphatic heterocycles. The fourth-order valence-electron chi connectivity index (χ4n) is 1.35. The summed E-state index contributed by atoms with van der Waals surface area (Å²) >= 11 is 0. The summed E-state index contributed by atoms with van der Waals surface area (Å²) in [6.07, 6.45) is 0.508. The van der Waals surface area contributed by atoms with Crippen LogP contribution in [0.15, 0.2) is 0 Å². The topological polar surface area (TPSA) is 87.7 Å². The predicted octanol–water partition coefficient (Wildman–Crippen LogP) is 0.115. The zero-order chi connectivity index (χ0) is 16.8. The molecule has 7 nitrogen and oxygen atoms in total. The van der Waals surface area contributed by atoms with E-state index in [1.807, 2.05) is 6.92 Å². The normalized spacial score (nSPS) is 10.4. The van der Waals surface area contributed by atoms with E-state index < -0.39 is 0 Å². The van der Waals surface area contributed by atoms with Gasteiger partial charge in [0.2, 0.25) is 11.8 Å². The minimum absolute atomic E-state index is 0.0638. The molecule has 128 valence electrons. The summed E-state index contributed by atoms with van der Waals surface area (Å²) in [7, 11) is 6.32. The van der Waals surface area contributed by atoms with Crippen molar-refractivity contribution in [2.45, 2.75) is 13.3 Å². The lowest BCUT2D eigenvalue weighted by Crippen LogP contribution is -2.38. The van der Waals surface area contributed by atoms with E-state index in [9.17, 15) is 14.4 Å². The maximum absolute atomic E-state index is 11.6. The van der Waals surface area contributed by atoms with E-state index in [0.717, 1.165) is 11.5 Å². The SMILES string of the molecule is CCC(=O)NCCSSCCNC(=O)CN(C)CC(=O)OC. The number of hydrogen-bond acceptors (Lipinski definition) is 7. The third-order valence-electron chi connectivity index (χ3n) is 2.46. The standard InChI is InChI=1S/C13H25N3O4S2/c1-4-11(17)14-5-7-21-22-8-6-15-12(18)9-16(2)10-13(19)20-3/h4-10H2,1-3H3,(H,14,17)(H,15,18). The maximum Gasteiger partial charge on any atom is 0.319 e. The van der Waals surface area contributed by atoms with Gasteiger partial charge in [-0.2, -0.15) is 0 Å². The highest BCUT2D eigenvalue weighted by atomic mass is 33.1. The Hall–Kier alpha value is -0.930. The van der Waals surface area contributed by atoms with Gasteiger partial charge in [0, 0.05) is 31.0 Å². The quantitative estimate of drug-likeness (QED) is 0.293. The van der Waals surface area contributed by atoms with Gasteiger partial charge >= 0.3 is 5.97 Å². The monoisotopic (exact) mass is 351 g/mol. The average Bonchev–Trinajstić information content (AvgIpc) is 2.49. The Morgan fingerprint density at radius 2 is 1.55 bits per heavy atom. The first-order valence-corrected chi connectivity index (χ1v) is 9.51. The Labute approximate surface area is 139 Å². The smallest absolute Gasteiger partial charge is 0.319 e. The number of likely N-dealkylation sites (N-methyl/N-ethyl adjacent to an activating group) is 1. The summed E-state index contributed by atoms with van der Waals surface area (Å²) in [5.74, 6) is 1.21. The van der Waals surface area contributed by atoms with E-state index in [0.29, 0.717) is 19.5 Å². The van der Waals surface area contributed by atoms with Gasteiger partial charge in [-0.05, 0) is 7.05 Å². The highest BCUT2D eigenvalue weighted by Gasteiger charge is 2.10. The molecule has 0 atom stereocenters. The van der Waals surface area contributed by atoms with Gasteiger partial charge in [0.25, 0.3) is 0 Å². The van der Waals surface area contributed by atoms with Gasteiger partial charge in [-0.1, -0.05) is 28.5 Å². The molecule has 0 unspecified atom stereocenters. The Morgan fingerprint density at radius 1 is 1.00 bits per heavy atom. The van der Waals surface area contributed by atoms with Crippen molar-refractivity contribution >= 4 is 39.4 Å². The number of carbonyl (C=O) groups excluding carboxylic acids is 3. The fourth-order valence-corrected chi connectivity index (χ4v) is 3.16. The molecule has 22 heavy (non-hydrogen) atoms. The molecule has 0 spiro atoms. The minimum atomic E-state index is -0.364. The number of methoxy groups -OCH3 is 1. The first kappa shape index (κ1) is 21.1. The molecule has 0 aliphatic rings. The van der Waals surface area contributed by atoms with Crippen LogP contribution in [0.25, 0.3) is 0 Å². The predicted molar refractivity (Wildman–Crippen MR) is 90.7 cm³/mol. The molecule has 0 aromatic heterocycles. The molecule has 0 aromatic carbocycles. The number of carbonyl (C=O) groups is 3. The van der Waals surface area contributed by atoms with Crippen molar-refractivity contribution in [3.8, 4) is 0 Å². The maximum atomic E-state index is 11.6. The number of ether oxygens (including phenoxy) is 1. The average molecular weight is 351 g/mol. The summed E-state index contributed by atoms with van der Waals surface area (Å²) in [6, 6.07) is 0. The van der Waals surface area contributed by atoms with Gasteiger partial charge in [0.15, 0.2) is 0 Å². The summed E-state index contributed by atoms with van der Waals surface area (Å²) in [6.45, 7) is 3.31. The van der Waals surface area contributed by atoms with Crippen LogP contribution < -0.4 is 10.6 Å². The highest BCUT2D eigenvalue weighted by molar-refractivity contribution is 8.76. The van der Waals surface area contributed by atoms with Crippen molar-refractivity contribution in [1.82, 2.24) is 15.5 Å². The van der Waals surface area contributed by atoms with Crippen LogP contribution in [0.2, 0.25) is 0 Å². The van der Waals surface area contributed by atoms with Gasteiger partial charge in [0.05, 0.1) is 20.2 Å². The molecule has 9 heteroatoms. The number of hydrogen-bond donors (Lipinski definition) is 2. The molecule has 0 fully saturated rings. The molecule has 0 aliphatic carbocycles. The number of amides is 2. The van der Waals surface area contributed by atoms with Crippen LogP contribution in [0.3, 0.4) is 0 Å². The number of nitrogens with zero attached hydrogens (tertiary/aromatic N) is 1. The van der Waals surface area contributed by atoms with Gasteiger partial charge in [-0.15, -0.1) is 0 Å². The third kappa shape index (κ3) is 12.8. The Kier molecular flexibility index (Phi) is 13.1. The number of esters is 1. The Morgan fingerprint density at radius 3 is 2.05 bits per heavy atom.